The maximum Gasteiger partial charge on any atom is 0.358 e. The molecule has 0 bridgehead atoms. The summed E-state index contributed by atoms with van der Waals surface area (Å²) in [5, 5.41) is 4.24. The van der Waals surface area contributed by atoms with Crippen LogP contribution in [0.5, 0.6) is 0 Å². The molecule has 1 aromatic carbocycles. The number of aromatic nitrogens is 1. The van der Waals surface area contributed by atoms with Crippen molar-refractivity contribution in [2.45, 2.75) is 13.5 Å². The number of hydrogen-bond acceptors (Lipinski definition) is 6. The van der Waals surface area contributed by atoms with Crippen LogP contribution in [-0.2, 0) is 11.3 Å². The Bertz CT molecular complexity index is 667. The van der Waals surface area contributed by atoms with E-state index in [4.69, 9.17) is 11.6 Å². The number of methoxy groups -OCH3 is 1. The summed E-state index contributed by atoms with van der Waals surface area (Å²) in [5.41, 5.74) is 1.06. The van der Waals surface area contributed by atoms with Gasteiger partial charge in [0.05, 0.1) is 7.11 Å². The molecule has 0 saturated carbocycles. The van der Waals surface area contributed by atoms with Crippen LogP contribution in [0.2, 0.25) is 5.02 Å². The Labute approximate surface area is 130 Å². The zero-order chi connectivity index (χ0) is 15.4. The van der Waals surface area contributed by atoms with Gasteiger partial charge in [0.25, 0.3) is 0 Å². The van der Waals surface area contributed by atoms with Gasteiger partial charge in [0, 0.05) is 18.5 Å². The Morgan fingerprint density at radius 2 is 2.00 bits per heavy atom. The van der Waals surface area contributed by atoms with Crippen molar-refractivity contribution < 1.29 is 14.3 Å². The fraction of sp³-hybridized carbons (Fsp3) is 0.214. The number of esters is 1. The molecule has 2 rings (SSSR count). The van der Waals surface area contributed by atoms with Crippen molar-refractivity contribution in [3.8, 4) is 0 Å². The second-order valence-electron chi connectivity index (χ2n) is 4.22. The smallest absolute Gasteiger partial charge is 0.358 e. The zero-order valence-electron chi connectivity index (χ0n) is 11.5. The molecule has 0 aliphatic rings. The SMILES string of the molecule is COC(=O)c1nc(NCc2ccc(Cl)cc2)sc1C(C)=O. The van der Waals surface area contributed by atoms with E-state index >= 15 is 0 Å². The fourth-order valence-corrected chi connectivity index (χ4v) is 2.62. The minimum atomic E-state index is -0.615. The van der Waals surface area contributed by atoms with E-state index in [1.165, 1.54) is 14.0 Å². The highest BCUT2D eigenvalue weighted by Gasteiger charge is 2.21. The van der Waals surface area contributed by atoms with E-state index in [-0.39, 0.29) is 11.5 Å². The minimum absolute atomic E-state index is 0.0496. The largest absolute Gasteiger partial charge is 0.464 e. The van der Waals surface area contributed by atoms with Gasteiger partial charge in [0.15, 0.2) is 16.6 Å². The maximum atomic E-state index is 11.6. The van der Waals surface area contributed by atoms with Crippen LogP contribution in [0, 0.1) is 0 Å². The number of ketones is 1. The van der Waals surface area contributed by atoms with Crippen LogP contribution in [0.15, 0.2) is 24.3 Å². The van der Waals surface area contributed by atoms with Crippen LogP contribution in [0.3, 0.4) is 0 Å². The standard InChI is InChI=1S/C14H13ClN2O3S/c1-8(18)12-11(13(19)20-2)17-14(21-12)16-7-9-3-5-10(15)6-4-9/h3-6H,7H2,1-2H3,(H,16,17). The van der Waals surface area contributed by atoms with Crippen LogP contribution in [0.4, 0.5) is 5.13 Å². The minimum Gasteiger partial charge on any atom is -0.464 e. The topological polar surface area (TPSA) is 68.3 Å². The van der Waals surface area contributed by atoms with E-state index in [0.29, 0.717) is 21.6 Å². The molecule has 2 aromatic rings. The van der Waals surface area contributed by atoms with Gasteiger partial charge in [-0.2, -0.15) is 0 Å². The molecular weight excluding hydrogens is 312 g/mol. The Balaban J connectivity index is 2.15. The lowest BCUT2D eigenvalue weighted by atomic mass is 10.2. The first-order valence-electron chi connectivity index (χ1n) is 6.09. The highest BCUT2D eigenvalue weighted by atomic mass is 35.5. The molecule has 1 N–H and O–H groups in total. The molecule has 0 atom stereocenters. The number of nitrogens with one attached hydrogen (secondary N) is 1. The zero-order valence-corrected chi connectivity index (χ0v) is 13.0. The van der Waals surface area contributed by atoms with Crippen LogP contribution < -0.4 is 5.32 Å². The molecule has 0 fully saturated rings. The lowest BCUT2D eigenvalue weighted by molar-refractivity contribution is 0.0591. The molecule has 0 aliphatic carbocycles. The summed E-state index contributed by atoms with van der Waals surface area (Å²) in [6.07, 6.45) is 0. The molecule has 0 saturated heterocycles. The Morgan fingerprint density at radius 1 is 1.33 bits per heavy atom. The van der Waals surface area contributed by atoms with Gasteiger partial charge < -0.3 is 10.1 Å². The molecule has 21 heavy (non-hydrogen) atoms. The molecule has 1 aromatic heterocycles. The average Bonchev–Trinajstić information content (AvgIpc) is 2.90. The fourth-order valence-electron chi connectivity index (χ4n) is 1.65. The summed E-state index contributed by atoms with van der Waals surface area (Å²) >= 11 is 6.95. The van der Waals surface area contributed by atoms with Crippen LogP contribution in [0.1, 0.15) is 32.6 Å². The normalized spacial score (nSPS) is 10.2. The quantitative estimate of drug-likeness (QED) is 0.674. The van der Waals surface area contributed by atoms with Crippen molar-refractivity contribution in [3.05, 3.63) is 45.4 Å². The van der Waals surface area contributed by atoms with Gasteiger partial charge in [-0.1, -0.05) is 35.1 Å². The summed E-state index contributed by atoms with van der Waals surface area (Å²) in [7, 11) is 1.26. The van der Waals surface area contributed by atoms with E-state index in [9.17, 15) is 9.59 Å². The number of halogens is 1. The number of hydrogen-bond donors (Lipinski definition) is 1. The predicted octanol–water partition coefficient (Wildman–Crippen LogP) is 3.40. The highest BCUT2D eigenvalue weighted by molar-refractivity contribution is 7.17. The average molecular weight is 325 g/mol. The Kier molecular flexibility index (Phi) is 4.93. The van der Waals surface area contributed by atoms with Crippen LogP contribution >= 0.6 is 22.9 Å². The van der Waals surface area contributed by atoms with Crippen molar-refractivity contribution in [2.24, 2.45) is 0 Å². The van der Waals surface area contributed by atoms with E-state index in [2.05, 4.69) is 15.0 Å². The number of rotatable bonds is 5. The van der Waals surface area contributed by atoms with Crippen molar-refractivity contribution in [2.75, 3.05) is 12.4 Å². The van der Waals surface area contributed by atoms with Crippen molar-refractivity contribution >= 4 is 39.8 Å². The van der Waals surface area contributed by atoms with Crippen molar-refractivity contribution in [1.29, 1.82) is 0 Å². The van der Waals surface area contributed by atoms with Crippen molar-refractivity contribution in [1.82, 2.24) is 4.98 Å². The third kappa shape index (κ3) is 3.80. The third-order valence-electron chi connectivity index (χ3n) is 2.68. The van der Waals surface area contributed by atoms with Crippen molar-refractivity contribution in [3.63, 3.8) is 0 Å². The second kappa shape index (κ2) is 6.69. The van der Waals surface area contributed by atoms with E-state index in [0.717, 1.165) is 16.9 Å². The van der Waals surface area contributed by atoms with Crippen LogP contribution in [0.25, 0.3) is 0 Å². The summed E-state index contributed by atoms with van der Waals surface area (Å²) in [5.74, 6) is -0.830. The first-order chi connectivity index (χ1) is 10.0. The summed E-state index contributed by atoms with van der Waals surface area (Å²) in [6.45, 7) is 1.91. The lowest BCUT2D eigenvalue weighted by Gasteiger charge is -2.02. The first-order valence-corrected chi connectivity index (χ1v) is 7.29. The van der Waals surface area contributed by atoms with Gasteiger partial charge in [0.2, 0.25) is 0 Å². The van der Waals surface area contributed by atoms with Gasteiger partial charge in [-0.3, -0.25) is 4.79 Å². The molecule has 0 radical (unpaired) electrons. The monoisotopic (exact) mass is 324 g/mol. The Morgan fingerprint density at radius 3 is 2.57 bits per heavy atom. The highest BCUT2D eigenvalue weighted by Crippen LogP contribution is 2.25. The van der Waals surface area contributed by atoms with Gasteiger partial charge in [-0.15, -0.1) is 0 Å². The molecule has 0 spiro atoms. The van der Waals surface area contributed by atoms with Gasteiger partial charge in [-0.05, 0) is 17.7 Å². The molecule has 110 valence electrons. The molecule has 0 unspecified atom stereocenters. The van der Waals surface area contributed by atoms with E-state index in [1.54, 1.807) is 12.1 Å². The van der Waals surface area contributed by atoms with E-state index in [1.807, 2.05) is 12.1 Å². The number of nitrogens with zero attached hydrogens (tertiary/aromatic N) is 1. The maximum absolute atomic E-state index is 11.6. The predicted molar refractivity (Wildman–Crippen MR) is 82.2 cm³/mol. The van der Waals surface area contributed by atoms with Crippen LogP contribution in [-0.4, -0.2) is 23.8 Å². The summed E-state index contributed by atoms with van der Waals surface area (Å²) < 4.78 is 4.63. The van der Waals surface area contributed by atoms with Gasteiger partial charge >= 0.3 is 5.97 Å². The molecule has 1 heterocycles. The van der Waals surface area contributed by atoms with E-state index < -0.39 is 5.97 Å². The first kappa shape index (κ1) is 15.5. The number of carbonyl (C=O) groups is 2. The lowest BCUT2D eigenvalue weighted by Crippen LogP contribution is -2.07. The number of benzene rings is 1. The molecule has 0 aliphatic heterocycles. The molecule has 5 nitrogen and oxygen atoms in total. The third-order valence-corrected chi connectivity index (χ3v) is 4.05. The summed E-state index contributed by atoms with van der Waals surface area (Å²) in [4.78, 5) is 27.5. The number of Topliss-reactive ketones (excluding diaryl/α,β-unsaturated/α-hetero) is 1. The number of ether oxygens (including phenoxy) is 1. The van der Waals surface area contributed by atoms with Gasteiger partial charge in [0.1, 0.15) is 4.88 Å². The Hall–Kier alpha value is -1.92. The molecule has 7 heteroatoms. The number of anilines is 1. The number of thiazole rings is 1. The molecule has 0 amide bonds. The second-order valence-corrected chi connectivity index (χ2v) is 5.66. The number of carbonyl (C=O) groups excluding carboxylic acids is 2. The molecular formula is C14H13ClN2O3S. The van der Waals surface area contributed by atoms with Gasteiger partial charge in [-0.25, -0.2) is 9.78 Å². The summed E-state index contributed by atoms with van der Waals surface area (Å²) in [6, 6.07) is 7.36.